The minimum Gasteiger partial charge on any atom is -0.120 e. The minimum absolute atomic E-state index is 0.542. The van der Waals surface area contributed by atoms with Crippen LogP contribution in [0.3, 0.4) is 0 Å². The van der Waals surface area contributed by atoms with E-state index in [4.69, 9.17) is 6.42 Å². The summed E-state index contributed by atoms with van der Waals surface area (Å²) in [4.78, 5) is 0. The monoisotopic (exact) mass is 154 g/mol. The molecule has 0 unspecified atom stereocenters. The Morgan fingerprint density at radius 3 is 1.64 bits per heavy atom. The van der Waals surface area contributed by atoms with Gasteiger partial charge in [-0.05, 0) is 12.8 Å². The molecule has 0 nitrogen and oxygen atoms in total. The third kappa shape index (κ3) is 9.56. The average molecular weight is 154 g/mol. The molecule has 0 saturated heterocycles. The van der Waals surface area contributed by atoms with Crippen LogP contribution in [0.4, 0.5) is 0 Å². The Morgan fingerprint density at radius 1 is 1.09 bits per heavy atom. The van der Waals surface area contributed by atoms with Gasteiger partial charge in [-0.1, -0.05) is 40.5 Å². The number of terminal acetylenes is 1. The molecule has 0 N–H and O–H groups in total. The Morgan fingerprint density at radius 2 is 1.45 bits per heavy atom. The van der Waals surface area contributed by atoms with Crippen molar-refractivity contribution in [2.75, 3.05) is 0 Å². The molecule has 66 valence electrons. The van der Waals surface area contributed by atoms with Crippen molar-refractivity contribution in [1.82, 2.24) is 0 Å². The summed E-state index contributed by atoms with van der Waals surface area (Å²) in [7, 11) is 0. The van der Waals surface area contributed by atoms with Crippen LogP contribution in [0.5, 0.6) is 0 Å². The Kier molecular flexibility index (Phi) is 14.7. The van der Waals surface area contributed by atoms with Gasteiger partial charge in [-0.3, -0.25) is 0 Å². The van der Waals surface area contributed by atoms with Crippen molar-refractivity contribution in [1.29, 1.82) is 0 Å². The predicted molar refractivity (Wildman–Crippen MR) is 53.5 cm³/mol. The summed E-state index contributed by atoms with van der Waals surface area (Å²) in [5.74, 6) is 3.35. The smallest absolute Gasteiger partial charge is 0.0200 e. The summed E-state index contributed by atoms with van der Waals surface area (Å²) in [6.45, 7) is 8.36. The van der Waals surface area contributed by atoms with Gasteiger partial charge in [-0.2, -0.15) is 0 Å². The molecule has 0 aliphatic carbocycles. The van der Waals surface area contributed by atoms with Crippen LogP contribution < -0.4 is 0 Å². The van der Waals surface area contributed by atoms with Crippen LogP contribution >= 0.6 is 0 Å². The van der Waals surface area contributed by atoms with E-state index in [2.05, 4.69) is 19.8 Å². The standard InChI is InChI=1S/C9H16.C2H6/c1-4-7-9(6-3)8-5-2;1-2/h3,9H,4-5,7-8H2,1-2H3;1-2H3. The second-order valence-corrected chi connectivity index (χ2v) is 2.44. The highest BCUT2D eigenvalue weighted by molar-refractivity contribution is 4.92. The highest BCUT2D eigenvalue weighted by Crippen LogP contribution is 2.10. The van der Waals surface area contributed by atoms with Crippen molar-refractivity contribution in [3.63, 3.8) is 0 Å². The summed E-state index contributed by atoms with van der Waals surface area (Å²) >= 11 is 0. The Hall–Kier alpha value is -0.440. The topological polar surface area (TPSA) is 0 Å². The molecule has 0 aromatic rings. The van der Waals surface area contributed by atoms with Crippen LogP contribution in [0, 0.1) is 18.3 Å². The van der Waals surface area contributed by atoms with E-state index < -0.39 is 0 Å². The largest absolute Gasteiger partial charge is 0.120 e. The number of hydrogen-bond donors (Lipinski definition) is 0. The third-order valence-corrected chi connectivity index (χ3v) is 1.51. The fourth-order valence-corrected chi connectivity index (χ4v) is 1.01. The lowest BCUT2D eigenvalue weighted by molar-refractivity contribution is 0.546. The zero-order valence-corrected chi connectivity index (χ0v) is 8.48. The SMILES string of the molecule is C#CC(CCC)CCC.CC. The molecule has 0 bridgehead atoms. The Balaban J connectivity index is 0. The number of rotatable bonds is 4. The third-order valence-electron chi connectivity index (χ3n) is 1.51. The van der Waals surface area contributed by atoms with Gasteiger partial charge in [-0.15, -0.1) is 12.3 Å². The van der Waals surface area contributed by atoms with E-state index in [-0.39, 0.29) is 0 Å². The second-order valence-electron chi connectivity index (χ2n) is 2.44. The summed E-state index contributed by atoms with van der Waals surface area (Å²) in [6, 6.07) is 0. The predicted octanol–water partition coefficient (Wildman–Crippen LogP) is 3.86. The molecule has 0 fully saturated rings. The summed E-state index contributed by atoms with van der Waals surface area (Å²) in [6.07, 6.45) is 10.1. The van der Waals surface area contributed by atoms with Crippen molar-refractivity contribution in [2.24, 2.45) is 5.92 Å². The van der Waals surface area contributed by atoms with E-state index >= 15 is 0 Å². The van der Waals surface area contributed by atoms with Gasteiger partial charge >= 0.3 is 0 Å². The van der Waals surface area contributed by atoms with Crippen molar-refractivity contribution >= 4 is 0 Å². The van der Waals surface area contributed by atoms with Gasteiger partial charge in [0.1, 0.15) is 0 Å². The lowest BCUT2D eigenvalue weighted by Crippen LogP contribution is -1.94. The van der Waals surface area contributed by atoms with Gasteiger partial charge in [0.05, 0.1) is 0 Å². The van der Waals surface area contributed by atoms with Crippen LogP contribution in [0.15, 0.2) is 0 Å². The van der Waals surface area contributed by atoms with Crippen LogP contribution in [-0.2, 0) is 0 Å². The quantitative estimate of drug-likeness (QED) is 0.539. The lowest BCUT2D eigenvalue weighted by Gasteiger charge is -2.04. The van der Waals surface area contributed by atoms with Crippen LogP contribution in [0.25, 0.3) is 0 Å². The highest BCUT2D eigenvalue weighted by atomic mass is 14.0. The second kappa shape index (κ2) is 12.3. The fourth-order valence-electron chi connectivity index (χ4n) is 1.01. The normalized spacial score (nSPS) is 8.36. The Bertz CT molecular complexity index is 80.7. The van der Waals surface area contributed by atoms with Crippen LogP contribution in [0.2, 0.25) is 0 Å². The molecule has 0 aromatic carbocycles. The van der Waals surface area contributed by atoms with Crippen molar-refractivity contribution in [3.05, 3.63) is 0 Å². The molecule has 0 aliphatic heterocycles. The van der Waals surface area contributed by atoms with Gasteiger partial charge in [0.25, 0.3) is 0 Å². The van der Waals surface area contributed by atoms with Gasteiger partial charge in [0.2, 0.25) is 0 Å². The minimum atomic E-state index is 0.542. The molecule has 0 spiro atoms. The molecule has 0 aromatic heterocycles. The first-order chi connectivity index (χ1) is 5.35. The average Bonchev–Trinajstić information content (AvgIpc) is 2.08. The van der Waals surface area contributed by atoms with E-state index in [9.17, 15) is 0 Å². The van der Waals surface area contributed by atoms with E-state index in [1.165, 1.54) is 25.7 Å². The zero-order chi connectivity index (χ0) is 9.11. The van der Waals surface area contributed by atoms with Gasteiger partial charge in [0.15, 0.2) is 0 Å². The molecule has 0 saturated carbocycles. The van der Waals surface area contributed by atoms with Crippen LogP contribution in [-0.4, -0.2) is 0 Å². The van der Waals surface area contributed by atoms with E-state index in [1.807, 2.05) is 13.8 Å². The fraction of sp³-hybridized carbons (Fsp3) is 0.818. The van der Waals surface area contributed by atoms with Gasteiger partial charge < -0.3 is 0 Å². The first-order valence-electron chi connectivity index (χ1n) is 4.81. The molecule has 0 heterocycles. The highest BCUT2D eigenvalue weighted by Gasteiger charge is 1.99. The Labute approximate surface area is 72.4 Å². The molecular formula is C11H22. The van der Waals surface area contributed by atoms with E-state index in [0.29, 0.717) is 5.92 Å². The maximum Gasteiger partial charge on any atom is 0.0200 e. The van der Waals surface area contributed by atoms with Crippen molar-refractivity contribution in [2.45, 2.75) is 53.4 Å². The molecule has 0 aliphatic rings. The maximum absolute atomic E-state index is 5.29. The summed E-state index contributed by atoms with van der Waals surface area (Å²) in [5, 5.41) is 0. The lowest BCUT2D eigenvalue weighted by atomic mass is 10.00. The first kappa shape index (κ1) is 13.2. The van der Waals surface area contributed by atoms with Gasteiger partial charge in [-0.25, -0.2) is 0 Å². The molecule has 11 heavy (non-hydrogen) atoms. The molecule has 0 amide bonds. The maximum atomic E-state index is 5.29. The van der Waals surface area contributed by atoms with Crippen LogP contribution in [0.1, 0.15) is 53.4 Å². The van der Waals surface area contributed by atoms with E-state index in [1.54, 1.807) is 0 Å². The molecule has 0 heteroatoms. The molecule has 0 radical (unpaired) electrons. The first-order valence-corrected chi connectivity index (χ1v) is 4.81. The van der Waals surface area contributed by atoms with E-state index in [0.717, 1.165) is 0 Å². The summed E-state index contributed by atoms with van der Waals surface area (Å²) in [5.41, 5.74) is 0. The zero-order valence-electron chi connectivity index (χ0n) is 8.48. The number of hydrogen-bond acceptors (Lipinski definition) is 0. The molecular weight excluding hydrogens is 132 g/mol. The molecule has 0 atom stereocenters. The van der Waals surface area contributed by atoms with Crippen molar-refractivity contribution < 1.29 is 0 Å². The van der Waals surface area contributed by atoms with Crippen molar-refractivity contribution in [3.8, 4) is 12.3 Å². The van der Waals surface area contributed by atoms with Gasteiger partial charge in [0, 0.05) is 5.92 Å². The summed E-state index contributed by atoms with van der Waals surface area (Å²) < 4.78 is 0. The molecule has 0 rings (SSSR count).